The van der Waals surface area contributed by atoms with Gasteiger partial charge < -0.3 is 33.8 Å². The predicted octanol–water partition coefficient (Wildman–Crippen LogP) is 23.2. The van der Waals surface area contributed by atoms with E-state index in [0.29, 0.717) is 37.5 Å². The van der Waals surface area contributed by atoms with E-state index >= 15 is 0 Å². The number of ether oxygens (including phenoxy) is 4. The second-order valence-electron chi connectivity index (χ2n) is 30.1. The fourth-order valence-corrected chi connectivity index (χ4v) is 13.6. The van der Waals surface area contributed by atoms with Gasteiger partial charge in [0.25, 0.3) is 0 Å². The number of unbranched alkanes of at least 4 members (excludes halogenated alkanes) is 41. The van der Waals surface area contributed by atoms with Crippen LogP contribution in [0, 0.1) is 23.7 Å². The summed E-state index contributed by atoms with van der Waals surface area (Å²) in [7, 11) is -9.91. The monoisotopic (exact) mass is 1440 g/mol. The van der Waals surface area contributed by atoms with Crippen LogP contribution >= 0.6 is 15.6 Å². The number of phosphoric acid groups is 2. The number of esters is 4. The minimum absolute atomic E-state index is 0.101. The van der Waals surface area contributed by atoms with E-state index in [4.69, 9.17) is 37.0 Å². The van der Waals surface area contributed by atoms with Crippen molar-refractivity contribution in [3.63, 3.8) is 0 Å². The molecule has 0 aromatic carbocycles. The van der Waals surface area contributed by atoms with Crippen LogP contribution in [-0.4, -0.2) is 96.7 Å². The molecule has 17 nitrogen and oxygen atoms in total. The molecule has 0 spiro atoms. The molecule has 0 heterocycles. The standard InChI is InChI=1S/C79H154O17P2/c1-9-72(8)58-50-42-32-28-24-20-16-12-10-11-13-17-21-25-29-33-43-51-59-76(81)89-65-74(95-78(83)61-53-45-34-30-26-22-18-14-15-19-23-27-31-39-47-55-69(2)3)67-93-97(85,86)91-63-73(80)64-92-98(87,88)94-68-75(96-79(84)62-54-46-38-36-41-49-57-71(6)7)66-90-77(82)60-52-44-37-35-40-48-56-70(4)5/h69-75,80H,9-68H2,1-8H3,(H,85,86)(H,87,88)/t72?,73-,74-,75-/m1/s1. The van der Waals surface area contributed by atoms with Crippen LogP contribution in [0.3, 0.4) is 0 Å². The Balaban J connectivity index is 5.16. The molecule has 0 aromatic heterocycles. The number of rotatable bonds is 76. The number of phosphoric ester groups is 2. The summed E-state index contributed by atoms with van der Waals surface area (Å²) < 4.78 is 68.5. The number of carbonyl (C=O) groups excluding carboxylic acids is 4. The highest BCUT2D eigenvalue weighted by Crippen LogP contribution is 2.45. The fourth-order valence-electron chi connectivity index (χ4n) is 12.0. The molecule has 0 saturated heterocycles. The van der Waals surface area contributed by atoms with Crippen LogP contribution in [0.25, 0.3) is 0 Å². The first-order valence-corrected chi connectivity index (χ1v) is 43.7. The van der Waals surface area contributed by atoms with Crippen molar-refractivity contribution in [3.05, 3.63) is 0 Å². The van der Waals surface area contributed by atoms with Crippen molar-refractivity contribution in [2.45, 2.75) is 420 Å². The molecule has 582 valence electrons. The molecule has 0 aliphatic heterocycles. The first-order chi connectivity index (χ1) is 47.1. The van der Waals surface area contributed by atoms with Crippen LogP contribution in [-0.2, 0) is 65.4 Å². The van der Waals surface area contributed by atoms with Crippen LogP contribution in [0.5, 0.6) is 0 Å². The van der Waals surface area contributed by atoms with Crippen molar-refractivity contribution in [1.29, 1.82) is 0 Å². The lowest BCUT2D eigenvalue weighted by molar-refractivity contribution is -0.161. The topological polar surface area (TPSA) is 237 Å². The van der Waals surface area contributed by atoms with E-state index < -0.39 is 97.5 Å². The molecule has 19 heteroatoms. The zero-order chi connectivity index (χ0) is 72.4. The van der Waals surface area contributed by atoms with Gasteiger partial charge in [0.05, 0.1) is 26.4 Å². The molecule has 6 atom stereocenters. The molecule has 0 rings (SSSR count). The molecule has 98 heavy (non-hydrogen) atoms. The average molecular weight is 1440 g/mol. The zero-order valence-electron chi connectivity index (χ0n) is 64.4. The molecule has 3 unspecified atom stereocenters. The van der Waals surface area contributed by atoms with E-state index in [1.54, 1.807) is 0 Å². The lowest BCUT2D eigenvalue weighted by atomic mass is 9.99. The Kier molecular flexibility index (Phi) is 66.8. The number of hydrogen-bond acceptors (Lipinski definition) is 15. The van der Waals surface area contributed by atoms with E-state index in [0.717, 1.165) is 108 Å². The average Bonchev–Trinajstić information content (AvgIpc) is 0.941. The van der Waals surface area contributed by atoms with E-state index in [9.17, 15) is 43.2 Å². The molecule has 0 aromatic rings. The Morgan fingerprint density at radius 1 is 0.286 bits per heavy atom. The molecule has 0 saturated carbocycles. The second kappa shape index (κ2) is 68.2. The van der Waals surface area contributed by atoms with E-state index in [-0.39, 0.29) is 25.7 Å². The Labute approximate surface area is 600 Å². The lowest BCUT2D eigenvalue weighted by Crippen LogP contribution is -2.30. The maximum absolute atomic E-state index is 13.1. The lowest BCUT2D eigenvalue weighted by Gasteiger charge is -2.21. The van der Waals surface area contributed by atoms with E-state index in [2.05, 4.69) is 55.4 Å². The summed E-state index contributed by atoms with van der Waals surface area (Å²) in [5, 5.41) is 10.6. The van der Waals surface area contributed by atoms with Gasteiger partial charge in [0.2, 0.25) is 0 Å². The second-order valence-corrected chi connectivity index (χ2v) is 33.0. The number of aliphatic hydroxyl groups is 1. The number of hydrogen-bond donors (Lipinski definition) is 3. The van der Waals surface area contributed by atoms with Crippen LogP contribution in [0.15, 0.2) is 0 Å². The summed E-state index contributed by atoms with van der Waals surface area (Å²) in [6, 6.07) is 0. The van der Waals surface area contributed by atoms with E-state index in [1.807, 2.05) is 0 Å². The maximum Gasteiger partial charge on any atom is 0.472 e. The van der Waals surface area contributed by atoms with Crippen LogP contribution in [0.1, 0.15) is 402 Å². The van der Waals surface area contributed by atoms with Crippen LogP contribution < -0.4 is 0 Å². The molecule has 0 aliphatic carbocycles. The Morgan fingerprint density at radius 2 is 0.490 bits per heavy atom. The van der Waals surface area contributed by atoms with Gasteiger partial charge in [-0.15, -0.1) is 0 Å². The number of aliphatic hydroxyl groups excluding tert-OH is 1. The van der Waals surface area contributed by atoms with Gasteiger partial charge >= 0.3 is 39.5 Å². The normalized spacial score (nSPS) is 14.3. The fraction of sp³-hybridized carbons (Fsp3) is 0.949. The molecule has 0 radical (unpaired) electrons. The van der Waals surface area contributed by atoms with Gasteiger partial charge in [-0.25, -0.2) is 9.13 Å². The molecule has 0 bridgehead atoms. The Morgan fingerprint density at radius 3 is 0.724 bits per heavy atom. The van der Waals surface area contributed by atoms with Crippen LogP contribution in [0.2, 0.25) is 0 Å². The van der Waals surface area contributed by atoms with Gasteiger partial charge in [-0.3, -0.25) is 37.3 Å². The summed E-state index contributed by atoms with van der Waals surface area (Å²) in [4.78, 5) is 72.8. The summed E-state index contributed by atoms with van der Waals surface area (Å²) in [6.45, 7) is 14.1. The third-order valence-corrected chi connectivity index (χ3v) is 20.6. The summed E-state index contributed by atoms with van der Waals surface area (Å²) in [5.41, 5.74) is 0. The highest BCUT2D eigenvalue weighted by Gasteiger charge is 2.30. The van der Waals surface area contributed by atoms with Gasteiger partial charge in [-0.2, -0.15) is 0 Å². The molecule has 0 fully saturated rings. The SMILES string of the molecule is CCC(C)CCCCCCCCCCCCCCCCCCCCC(=O)OC[C@H](COP(=O)(O)OC[C@@H](O)COP(=O)(O)OC[C@@H](COC(=O)CCCCCCCCC(C)C)OC(=O)CCCCCCCCC(C)C)OC(=O)CCCCCCCCCCCCCCCCCC(C)C. The maximum atomic E-state index is 13.1. The number of carbonyl (C=O) groups is 4. The third-order valence-electron chi connectivity index (χ3n) is 18.7. The summed E-state index contributed by atoms with van der Waals surface area (Å²) >= 11 is 0. The predicted molar refractivity (Wildman–Crippen MR) is 400 cm³/mol. The van der Waals surface area contributed by atoms with Crippen LogP contribution in [0.4, 0.5) is 0 Å². The highest BCUT2D eigenvalue weighted by atomic mass is 31.2. The van der Waals surface area contributed by atoms with Crippen molar-refractivity contribution in [1.82, 2.24) is 0 Å². The smallest absolute Gasteiger partial charge is 0.462 e. The van der Waals surface area contributed by atoms with Gasteiger partial charge in [-0.1, -0.05) is 351 Å². The van der Waals surface area contributed by atoms with Gasteiger partial charge in [-0.05, 0) is 49.4 Å². The molecular weight excluding hydrogens is 1280 g/mol. The van der Waals surface area contributed by atoms with Gasteiger partial charge in [0.15, 0.2) is 12.2 Å². The minimum Gasteiger partial charge on any atom is -0.462 e. The molecular formula is C79H154O17P2. The van der Waals surface area contributed by atoms with Gasteiger partial charge in [0.1, 0.15) is 19.3 Å². The first kappa shape index (κ1) is 96.1. The molecule has 3 N–H and O–H groups in total. The van der Waals surface area contributed by atoms with E-state index in [1.165, 1.54) is 199 Å². The van der Waals surface area contributed by atoms with Crippen molar-refractivity contribution in [2.24, 2.45) is 23.7 Å². The Bertz CT molecular complexity index is 1920. The van der Waals surface area contributed by atoms with Crippen molar-refractivity contribution >= 4 is 39.5 Å². The molecule has 0 amide bonds. The van der Waals surface area contributed by atoms with Crippen molar-refractivity contribution in [3.8, 4) is 0 Å². The third kappa shape index (κ3) is 71.1. The largest absolute Gasteiger partial charge is 0.472 e. The summed E-state index contributed by atoms with van der Waals surface area (Å²) in [5.74, 6) is 0.900. The summed E-state index contributed by atoms with van der Waals surface area (Å²) in [6.07, 6.45) is 54.6. The van der Waals surface area contributed by atoms with Crippen molar-refractivity contribution < 1.29 is 80.2 Å². The first-order valence-electron chi connectivity index (χ1n) is 40.7. The highest BCUT2D eigenvalue weighted by molar-refractivity contribution is 7.47. The Hall–Kier alpha value is -1.94. The quantitative estimate of drug-likeness (QED) is 0.0222. The van der Waals surface area contributed by atoms with Crippen molar-refractivity contribution in [2.75, 3.05) is 39.6 Å². The van der Waals surface area contributed by atoms with Gasteiger partial charge in [0, 0.05) is 25.7 Å². The minimum atomic E-state index is -4.96. The molecule has 0 aliphatic rings. The zero-order valence-corrected chi connectivity index (χ0v) is 66.2.